The zero-order valence-corrected chi connectivity index (χ0v) is 15.2. The lowest BCUT2D eigenvalue weighted by atomic mass is 9.80. The molecule has 1 aromatic carbocycles. The summed E-state index contributed by atoms with van der Waals surface area (Å²) >= 11 is 0. The van der Waals surface area contributed by atoms with Crippen molar-refractivity contribution >= 4 is 11.9 Å². The predicted octanol–water partition coefficient (Wildman–Crippen LogP) is 2.80. The highest BCUT2D eigenvalue weighted by atomic mass is 16.5. The van der Waals surface area contributed by atoms with Gasteiger partial charge in [0.05, 0.1) is 20.8 Å². The molecule has 1 fully saturated rings. The molecule has 0 heterocycles. The SMILES string of the molecule is CCOC(=O)CC(=O)N[C@@H]1CCCC[C@@H]1c1ccc(OC)c(OC)c1. The fourth-order valence-corrected chi connectivity index (χ4v) is 3.39. The fraction of sp³-hybridized carbons (Fsp3) is 0.579. The quantitative estimate of drug-likeness (QED) is 0.605. The maximum Gasteiger partial charge on any atom is 0.315 e. The van der Waals surface area contributed by atoms with E-state index in [1.807, 2.05) is 18.2 Å². The van der Waals surface area contributed by atoms with Crippen molar-refractivity contribution in [3.8, 4) is 11.5 Å². The number of benzene rings is 1. The summed E-state index contributed by atoms with van der Waals surface area (Å²) in [5.74, 6) is 0.793. The number of ether oxygens (including phenoxy) is 3. The van der Waals surface area contributed by atoms with Crippen molar-refractivity contribution in [2.75, 3.05) is 20.8 Å². The molecule has 1 N–H and O–H groups in total. The smallest absolute Gasteiger partial charge is 0.315 e. The van der Waals surface area contributed by atoms with Crippen molar-refractivity contribution in [2.24, 2.45) is 0 Å². The van der Waals surface area contributed by atoms with Crippen molar-refractivity contribution in [1.29, 1.82) is 0 Å². The molecule has 6 nitrogen and oxygen atoms in total. The highest BCUT2D eigenvalue weighted by molar-refractivity contribution is 5.94. The first kappa shape index (κ1) is 19.1. The summed E-state index contributed by atoms with van der Waals surface area (Å²) in [6, 6.07) is 5.88. The Morgan fingerprint density at radius 2 is 1.84 bits per heavy atom. The van der Waals surface area contributed by atoms with Gasteiger partial charge in [0.15, 0.2) is 11.5 Å². The van der Waals surface area contributed by atoms with Crippen LogP contribution in [-0.2, 0) is 14.3 Å². The van der Waals surface area contributed by atoms with Crippen LogP contribution in [-0.4, -0.2) is 38.7 Å². The number of amides is 1. The van der Waals surface area contributed by atoms with Crippen LogP contribution in [0.15, 0.2) is 18.2 Å². The molecular weight excluding hydrogens is 322 g/mol. The summed E-state index contributed by atoms with van der Waals surface area (Å²) in [4.78, 5) is 23.6. The highest BCUT2D eigenvalue weighted by Gasteiger charge is 2.29. The Labute approximate surface area is 148 Å². The third-order valence-electron chi connectivity index (χ3n) is 4.56. The second-order valence-electron chi connectivity index (χ2n) is 6.16. The Balaban J connectivity index is 2.10. The van der Waals surface area contributed by atoms with Gasteiger partial charge in [-0.1, -0.05) is 18.9 Å². The molecule has 2 rings (SSSR count). The van der Waals surface area contributed by atoms with Gasteiger partial charge in [0.2, 0.25) is 5.91 Å². The summed E-state index contributed by atoms with van der Waals surface area (Å²) in [5, 5.41) is 3.01. The van der Waals surface area contributed by atoms with Crippen molar-refractivity contribution in [2.45, 2.75) is 51.0 Å². The molecule has 0 radical (unpaired) electrons. The Kier molecular flexibility index (Phi) is 7.10. The van der Waals surface area contributed by atoms with Crippen LogP contribution in [0.3, 0.4) is 0 Å². The van der Waals surface area contributed by atoms with E-state index in [2.05, 4.69) is 5.32 Å². The molecule has 0 bridgehead atoms. The van der Waals surface area contributed by atoms with Gasteiger partial charge in [-0.15, -0.1) is 0 Å². The molecule has 1 saturated carbocycles. The average Bonchev–Trinajstić information content (AvgIpc) is 2.61. The van der Waals surface area contributed by atoms with Gasteiger partial charge in [0.25, 0.3) is 0 Å². The number of carbonyl (C=O) groups excluding carboxylic acids is 2. The van der Waals surface area contributed by atoms with Gasteiger partial charge < -0.3 is 19.5 Å². The topological polar surface area (TPSA) is 73.9 Å². The summed E-state index contributed by atoms with van der Waals surface area (Å²) in [6.07, 6.45) is 3.83. The first-order valence-electron chi connectivity index (χ1n) is 8.76. The van der Waals surface area contributed by atoms with Crippen LogP contribution in [0.25, 0.3) is 0 Å². The Hall–Kier alpha value is -2.24. The Morgan fingerprint density at radius 3 is 2.52 bits per heavy atom. The minimum absolute atomic E-state index is 0.00813. The molecular formula is C19H27NO5. The number of hydrogen-bond acceptors (Lipinski definition) is 5. The van der Waals surface area contributed by atoms with E-state index in [-0.39, 0.29) is 30.9 Å². The Morgan fingerprint density at radius 1 is 1.12 bits per heavy atom. The second kappa shape index (κ2) is 9.30. The van der Waals surface area contributed by atoms with Crippen LogP contribution >= 0.6 is 0 Å². The van der Waals surface area contributed by atoms with E-state index in [1.165, 1.54) is 0 Å². The van der Waals surface area contributed by atoms with Crippen LogP contribution in [0.2, 0.25) is 0 Å². The van der Waals surface area contributed by atoms with Crippen molar-refractivity contribution in [1.82, 2.24) is 5.32 Å². The molecule has 1 aliphatic rings. The molecule has 1 aromatic rings. The lowest BCUT2D eigenvalue weighted by Gasteiger charge is -2.32. The minimum Gasteiger partial charge on any atom is -0.493 e. The molecule has 25 heavy (non-hydrogen) atoms. The maximum absolute atomic E-state index is 12.1. The molecule has 138 valence electrons. The van der Waals surface area contributed by atoms with Crippen LogP contribution < -0.4 is 14.8 Å². The third-order valence-corrected chi connectivity index (χ3v) is 4.56. The monoisotopic (exact) mass is 349 g/mol. The van der Waals surface area contributed by atoms with Crippen LogP contribution in [0, 0.1) is 0 Å². The van der Waals surface area contributed by atoms with Gasteiger partial charge in [0, 0.05) is 12.0 Å². The number of carbonyl (C=O) groups is 2. The minimum atomic E-state index is -0.488. The van der Waals surface area contributed by atoms with E-state index in [1.54, 1.807) is 21.1 Å². The van der Waals surface area contributed by atoms with Crippen molar-refractivity contribution < 1.29 is 23.8 Å². The lowest BCUT2D eigenvalue weighted by molar-refractivity contribution is -0.146. The second-order valence-corrected chi connectivity index (χ2v) is 6.16. The molecule has 0 spiro atoms. The third kappa shape index (κ3) is 5.11. The van der Waals surface area contributed by atoms with Gasteiger partial charge in [-0.3, -0.25) is 9.59 Å². The van der Waals surface area contributed by atoms with Gasteiger partial charge in [-0.05, 0) is 37.5 Å². The molecule has 0 aliphatic heterocycles. The summed E-state index contributed by atoms with van der Waals surface area (Å²) in [6.45, 7) is 2.01. The van der Waals surface area contributed by atoms with Crippen molar-refractivity contribution in [3.63, 3.8) is 0 Å². The zero-order chi connectivity index (χ0) is 18.2. The van der Waals surface area contributed by atoms with E-state index in [4.69, 9.17) is 14.2 Å². The van der Waals surface area contributed by atoms with Gasteiger partial charge in [0.1, 0.15) is 6.42 Å². The molecule has 0 aromatic heterocycles. The largest absolute Gasteiger partial charge is 0.493 e. The van der Waals surface area contributed by atoms with E-state index >= 15 is 0 Å². The maximum atomic E-state index is 12.1. The van der Waals surface area contributed by atoms with E-state index in [9.17, 15) is 9.59 Å². The molecule has 0 saturated heterocycles. The van der Waals surface area contributed by atoms with E-state index in [0.717, 1.165) is 31.2 Å². The Bertz CT molecular complexity index is 601. The standard InChI is InChI=1S/C19H27NO5/c1-4-25-19(22)12-18(21)20-15-8-6-5-7-14(15)13-9-10-16(23-2)17(11-13)24-3/h9-11,14-15H,4-8,12H2,1-3H3,(H,20,21)/t14-,15-/m1/s1. The molecule has 1 aliphatic carbocycles. The summed E-state index contributed by atoms with van der Waals surface area (Å²) in [7, 11) is 3.22. The first-order valence-corrected chi connectivity index (χ1v) is 8.76. The molecule has 0 unspecified atom stereocenters. The normalized spacial score (nSPS) is 19.8. The van der Waals surface area contributed by atoms with Gasteiger partial charge in [-0.25, -0.2) is 0 Å². The van der Waals surface area contributed by atoms with Gasteiger partial charge >= 0.3 is 5.97 Å². The number of rotatable bonds is 7. The van der Waals surface area contributed by atoms with Crippen LogP contribution in [0.1, 0.15) is 50.5 Å². The molecule has 6 heteroatoms. The first-order chi connectivity index (χ1) is 12.1. The summed E-state index contributed by atoms with van der Waals surface area (Å²) in [5.41, 5.74) is 1.11. The van der Waals surface area contributed by atoms with Gasteiger partial charge in [-0.2, -0.15) is 0 Å². The number of esters is 1. The number of hydrogen-bond donors (Lipinski definition) is 1. The average molecular weight is 349 g/mol. The molecule has 2 atom stereocenters. The highest BCUT2D eigenvalue weighted by Crippen LogP contribution is 2.37. The van der Waals surface area contributed by atoms with Crippen LogP contribution in [0.5, 0.6) is 11.5 Å². The van der Waals surface area contributed by atoms with E-state index in [0.29, 0.717) is 11.5 Å². The van der Waals surface area contributed by atoms with Crippen molar-refractivity contribution in [3.05, 3.63) is 23.8 Å². The number of nitrogens with one attached hydrogen (secondary N) is 1. The fourth-order valence-electron chi connectivity index (χ4n) is 3.39. The predicted molar refractivity (Wildman–Crippen MR) is 93.9 cm³/mol. The van der Waals surface area contributed by atoms with E-state index < -0.39 is 5.97 Å². The lowest BCUT2D eigenvalue weighted by Crippen LogP contribution is -2.41. The zero-order valence-electron chi connectivity index (χ0n) is 15.2. The van der Waals surface area contributed by atoms with Crippen LogP contribution in [0.4, 0.5) is 0 Å². The number of methoxy groups -OCH3 is 2. The summed E-state index contributed by atoms with van der Waals surface area (Å²) < 4.78 is 15.5. The molecule has 1 amide bonds.